The summed E-state index contributed by atoms with van der Waals surface area (Å²) < 4.78 is 32.8. The van der Waals surface area contributed by atoms with Gasteiger partial charge in [0.1, 0.15) is 0 Å². The van der Waals surface area contributed by atoms with E-state index in [4.69, 9.17) is 4.74 Å². The summed E-state index contributed by atoms with van der Waals surface area (Å²) in [4.78, 5) is 16.0. The average molecular weight is 400 g/mol. The molecule has 1 unspecified atom stereocenters. The fraction of sp³-hybridized carbons (Fsp3) is 0.412. The highest BCUT2D eigenvalue weighted by Gasteiger charge is 2.21. The van der Waals surface area contributed by atoms with E-state index in [0.717, 1.165) is 25.9 Å². The van der Waals surface area contributed by atoms with Crippen molar-refractivity contribution in [1.82, 2.24) is 15.0 Å². The maximum Gasteiger partial charge on any atom is 0.357 e. The molecule has 26 heavy (non-hydrogen) atoms. The van der Waals surface area contributed by atoms with Crippen LogP contribution in [0.3, 0.4) is 0 Å². The summed E-state index contributed by atoms with van der Waals surface area (Å²) in [5.74, 6) is -0.0906. The number of benzene rings is 1. The first-order chi connectivity index (χ1) is 12.0. The van der Waals surface area contributed by atoms with Gasteiger partial charge < -0.3 is 10.1 Å². The number of rotatable bonds is 6. The van der Waals surface area contributed by atoms with Crippen LogP contribution in [0.1, 0.15) is 23.3 Å². The normalized spacial score (nSPS) is 17.0. The Hall–Kier alpha value is -1.74. The second kappa shape index (κ2) is 8.77. The van der Waals surface area contributed by atoms with Gasteiger partial charge in [-0.1, -0.05) is 12.1 Å². The third kappa shape index (κ3) is 4.32. The number of pyridine rings is 1. The number of methoxy groups -OCH3 is 1. The maximum atomic E-state index is 12.7. The summed E-state index contributed by atoms with van der Waals surface area (Å²) in [6, 6.07) is 6.39. The van der Waals surface area contributed by atoms with Crippen LogP contribution in [0.2, 0.25) is 0 Å². The van der Waals surface area contributed by atoms with Crippen LogP contribution in [-0.4, -0.2) is 46.1 Å². The Balaban J connectivity index is 0.00000243. The van der Waals surface area contributed by atoms with E-state index in [2.05, 4.69) is 15.0 Å². The van der Waals surface area contributed by atoms with Crippen LogP contribution >= 0.6 is 12.4 Å². The molecule has 2 heterocycles. The number of nitrogens with zero attached hydrogens (tertiary/aromatic N) is 1. The lowest BCUT2D eigenvalue weighted by Crippen LogP contribution is -2.27. The van der Waals surface area contributed by atoms with E-state index in [1.807, 2.05) is 0 Å². The molecule has 1 saturated heterocycles. The van der Waals surface area contributed by atoms with Gasteiger partial charge in [0.05, 0.1) is 12.0 Å². The van der Waals surface area contributed by atoms with Gasteiger partial charge in [-0.15, -0.1) is 12.4 Å². The molecule has 0 aliphatic carbocycles. The van der Waals surface area contributed by atoms with E-state index in [1.165, 1.54) is 19.4 Å². The third-order valence-electron chi connectivity index (χ3n) is 4.44. The topological polar surface area (TPSA) is 97.4 Å². The predicted octanol–water partition coefficient (Wildman–Crippen LogP) is 1.72. The van der Waals surface area contributed by atoms with Crippen molar-refractivity contribution in [3.05, 3.63) is 36.2 Å². The zero-order valence-electron chi connectivity index (χ0n) is 14.4. The van der Waals surface area contributed by atoms with Crippen LogP contribution in [0.15, 0.2) is 35.4 Å². The molecule has 1 aliphatic heterocycles. The molecule has 0 spiro atoms. The molecule has 0 bridgehead atoms. The van der Waals surface area contributed by atoms with Crippen LogP contribution in [0.25, 0.3) is 10.8 Å². The highest BCUT2D eigenvalue weighted by Crippen LogP contribution is 2.25. The number of carbonyl (C=O) groups is 1. The minimum atomic E-state index is -3.68. The van der Waals surface area contributed by atoms with Gasteiger partial charge in [-0.05, 0) is 44.0 Å². The number of halogens is 1. The van der Waals surface area contributed by atoms with Crippen molar-refractivity contribution in [3.8, 4) is 0 Å². The molecule has 0 saturated carbocycles. The number of hydrogen-bond donors (Lipinski definition) is 2. The molecule has 9 heteroatoms. The Morgan fingerprint density at radius 3 is 2.85 bits per heavy atom. The van der Waals surface area contributed by atoms with Crippen LogP contribution in [0, 0.1) is 5.92 Å². The zero-order chi connectivity index (χ0) is 17.9. The Labute approximate surface area is 159 Å². The standard InChI is InChI=1S/C17H21N3O4S.ClH/c1-24-17(21)16-14-3-2-4-15(13(14)7-9-19-16)25(22,23)20-10-6-12-5-8-18-11-12;/h2-4,7,9,12,18,20H,5-6,8,10-11H2,1H3;1H. The van der Waals surface area contributed by atoms with Crippen molar-refractivity contribution in [2.24, 2.45) is 5.92 Å². The van der Waals surface area contributed by atoms with Gasteiger partial charge in [-0.25, -0.2) is 22.9 Å². The van der Waals surface area contributed by atoms with E-state index in [-0.39, 0.29) is 23.0 Å². The molecule has 1 aromatic carbocycles. The van der Waals surface area contributed by atoms with Crippen molar-refractivity contribution >= 4 is 39.2 Å². The largest absolute Gasteiger partial charge is 0.464 e. The third-order valence-corrected chi connectivity index (χ3v) is 5.96. The van der Waals surface area contributed by atoms with E-state index >= 15 is 0 Å². The average Bonchev–Trinajstić information content (AvgIpc) is 3.13. The molecule has 1 atom stereocenters. The number of sulfonamides is 1. The monoisotopic (exact) mass is 399 g/mol. The van der Waals surface area contributed by atoms with Crippen LogP contribution < -0.4 is 10.0 Å². The van der Waals surface area contributed by atoms with Gasteiger partial charge in [-0.3, -0.25) is 0 Å². The fourth-order valence-corrected chi connectivity index (χ4v) is 4.38. The van der Waals surface area contributed by atoms with Crippen molar-refractivity contribution in [2.45, 2.75) is 17.7 Å². The van der Waals surface area contributed by atoms with Gasteiger partial charge in [0.15, 0.2) is 5.69 Å². The van der Waals surface area contributed by atoms with Crippen molar-refractivity contribution in [3.63, 3.8) is 0 Å². The number of nitrogens with one attached hydrogen (secondary N) is 2. The first-order valence-electron chi connectivity index (χ1n) is 8.19. The fourth-order valence-electron chi connectivity index (χ4n) is 3.11. The molecular formula is C17H22ClN3O4S. The second-order valence-electron chi connectivity index (χ2n) is 6.05. The number of aromatic nitrogens is 1. The molecule has 0 radical (unpaired) electrons. The summed E-state index contributed by atoms with van der Waals surface area (Å²) >= 11 is 0. The highest BCUT2D eigenvalue weighted by molar-refractivity contribution is 7.89. The zero-order valence-corrected chi connectivity index (χ0v) is 16.0. The van der Waals surface area contributed by atoms with Crippen molar-refractivity contribution < 1.29 is 17.9 Å². The summed E-state index contributed by atoms with van der Waals surface area (Å²) in [5.41, 5.74) is 0.106. The van der Waals surface area contributed by atoms with Crippen LogP contribution in [0.4, 0.5) is 0 Å². The number of hydrogen-bond acceptors (Lipinski definition) is 6. The van der Waals surface area contributed by atoms with E-state index < -0.39 is 16.0 Å². The van der Waals surface area contributed by atoms with Crippen LogP contribution in [0.5, 0.6) is 0 Å². The number of fused-ring (bicyclic) bond motifs is 1. The molecule has 1 fully saturated rings. The number of ether oxygens (including phenoxy) is 1. The smallest absolute Gasteiger partial charge is 0.357 e. The van der Waals surface area contributed by atoms with E-state index in [1.54, 1.807) is 18.2 Å². The summed E-state index contributed by atoms with van der Waals surface area (Å²) in [7, 11) is -2.41. The lowest BCUT2D eigenvalue weighted by Gasteiger charge is -2.12. The predicted molar refractivity (Wildman–Crippen MR) is 101 cm³/mol. The molecule has 3 rings (SSSR count). The Bertz CT molecular complexity index is 883. The van der Waals surface area contributed by atoms with E-state index in [9.17, 15) is 13.2 Å². The molecule has 1 aromatic heterocycles. The maximum absolute atomic E-state index is 12.7. The lowest BCUT2D eigenvalue weighted by molar-refractivity contribution is 0.0596. The van der Waals surface area contributed by atoms with Crippen LogP contribution in [-0.2, 0) is 14.8 Å². The van der Waals surface area contributed by atoms with Gasteiger partial charge in [0, 0.05) is 23.5 Å². The molecule has 0 amide bonds. The van der Waals surface area contributed by atoms with Gasteiger partial charge in [-0.2, -0.15) is 0 Å². The van der Waals surface area contributed by atoms with Crippen molar-refractivity contribution in [1.29, 1.82) is 0 Å². The highest BCUT2D eigenvalue weighted by atomic mass is 35.5. The molecule has 142 valence electrons. The second-order valence-corrected chi connectivity index (χ2v) is 7.78. The molecule has 2 N–H and O–H groups in total. The number of carbonyl (C=O) groups excluding carboxylic acids is 1. The first-order valence-corrected chi connectivity index (χ1v) is 9.67. The Morgan fingerprint density at radius 1 is 1.35 bits per heavy atom. The summed E-state index contributed by atoms with van der Waals surface area (Å²) in [6.45, 7) is 2.31. The molecule has 2 aromatic rings. The molecular weight excluding hydrogens is 378 g/mol. The Kier molecular flexibility index (Phi) is 6.94. The minimum Gasteiger partial charge on any atom is -0.464 e. The molecule has 1 aliphatic rings. The van der Waals surface area contributed by atoms with E-state index in [0.29, 0.717) is 23.2 Å². The van der Waals surface area contributed by atoms with Gasteiger partial charge in [0.25, 0.3) is 0 Å². The minimum absolute atomic E-state index is 0. The van der Waals surface area contributed by atoms with Gasteiger partial charge in [0.2, 0.25) is 10.0 Å². The molecule has 7 nitrogen and oxygen atoms in total. The quantitative estimate of drug-likeness (QED) is 0.718. The summed E-state index contributed by atoms with van der Waals surface area (Å²) in [6.07, 6.45) is 3.29. The van der Waals surface area contributed by atoms with Gasteiger partial charge >= 0.3 is 5.97 Å². The number of esters is 1. The van der Waals surface area contributed by atoms with Crippen molar-refractivity contribution in [2.75, 3.05) is 26.7 Å². The summed E-state index contributed by atoms with van der Waals surface area (Å²) in [5, 5.41) is 4.18. The lowest BCUT2D eigenvalue weighted by atomic mass is 10.1. The SMILES string of the molecule is COC(=O)c1nccc2c(S(=O)(=O)NCCC3CCNC3)cccc12.Cl. The first kappa shape index (κ1) is 20.6. The Morgan fingerprint density at radius 2 is 2.15 bits per heavy atom.